The fraction of sp³-hybridized carbons (Fsp3) is 0.571. The van der Waals surface area contributed by atoms with E-state index in [1.807, 2.05) is 0 Å². The SMILES string of the molecule is Cc1ccccc1CN[C@@H]1CC[C@@]2(O)[C@H]3Cc4ccc(O)c5c4[C@@]2(CCN3CC2CC2)[C@H]1O5. The van der Waals surface area contributed by atoms with E-state index in [4.69, 9.17) is 4.74 Å². The maximum absolute atomic E-state index is 12.5. The summed E-state index contributed by atoms with van der Waals surface area (Å²) in [6.07, 6.45) is 5.91. The first-order valence-electron chi connectivity index (χ1n) is 12.8. The van der Waals surface area contributed by atoms with Crippen LogP contribution in [0.1, 0.15) is 54.4 Å². The summed E-state index contributed by atoms with van der Waals surface area (Å²) in [4.78, 5) is 2.59. The van der Waals surface area contributed by atoms with Gasteiger partial charge in [0.05, 0.1) is 11.0 Å². The summed E-state index contributed by atoms with van der Waals surface area (Å²) >= 11 is 0. The molecule has 174 valence electrons. The Kier molecular flexibility index (Phi) is 4.29. The van der Waals surface area contributed by atoms with E-state index in [0.29, 0.717) is 5.75 Å². The summed E-state index contributed by atoms with van der Waals surface area (Å²) < 4.78 is 6.64. The minimum absolute atomic E-state index is 0.137. The predicted molar refractivity (Wildman–Crippen MR) is 127 cm³/mol. The lowest BCUT2D eigenvalue weighted by Gasteiger charge is -2.64. The summed E-state index contributed by atoms with van der Waals surface area (Å²) in [6, 6.07) is 12.7. The number of nitrogens with zero attached hydrogens (tertiary/aromatic N) is 1. The van der Waals surface area contributed by atoms with Crippen molar-refractivity contribution in [3.8, 4) is 11.5 Å². The number of aromatic hydroxyl groups is 1. The summed E-state index contributed by atoms with van der Waals surface area (Å²) in [5, 5.41) is 27.1. The third-order valence-corrected chi connectivity index (χ3v) is 9.58. The molecule has 1 saturated heterocycles. The average molecular weight is 447 g/mol. The molecule has 2 bridgehead atoms. The Labute approximate surface area is 195 Å². The van der Waals surface area contributed by atoms with Crippen LogP contribution < -0.4 is 10.1 Å². The van der Waals surface area contributed by atoms with E-state index < -0.39 is 11.0 Å². The highest BCUT2D eigenvalue weighted by atomic mass is 16.5. The number of phenolic OH excluding ortho intramolecular Hbond substituents is 1. The van der Waals surface area contributed by atoms with Gasteiger partial charge in [0.15, 0.2) is 11.5 Å². The number of aryl methyl sites for hydroxylation is 1. The van der Waals surface area contributed by atoms with Gasteiger partial charge < -0.3 is 20.3 Å². The topological polar surface area (TPSA) is 65.0 Å². The van der Waals surface area contributed by atoms with Crippen LogP contribution in [0.25, 0.3) is 0 Å². The van der Waals surface area contributed by atoms with E-state index >= 15 is 0 Å². The van der Waals surface area contributed by atoms with Gasteiger partial charge in [0.1, 0.15) is 6.10 Å². The lowest BCUT2D eigenvalue weighted by Crippen LogP contribution is -2.78. The van der Waals surface area contributed by atoms with Crippen LogP contribution in [-0.4, -0.2) is 52.0 Å². The second-order valence-corrected chi connectivity index (χ2v) is 11.2. The van der Waals surface area contributed by atoms with Gasteiger partial charge in [-0.3, -0.25) is 4.90 Å². The third-order valence-electron chi connectivity index (χ3n) is 9.58. The zero-order valence-electron chi connectivity index (χ0n) is 19.4. The summed E-state index contributed by atoms with van der Waals surface area (Å²) in [5.74, 6) is 1.66. The number of likely N-dealkylation sites (tertiary alicyclic amines) is 1. The Balaban J connectivity index is 1.28. The molecule has 0 unspecified atom stereocenters. The zero-order chi connectivity index (χ0) is 22.4. The molecule has 3 N–H and O–H groups in total. The van der Waals surface area contributed by atoms with Crippen molar-refractivity contribution in [2.45, 2.75) is 81.2 Å². The molecule has 0 radical (unpaired) electrons. The second-order valence-electron chi connectivity index (χ2n) is 11.2. The van der Waals surface area contributed by atoms with Gasteiger partial charge in [0.2, 0.25) is 0 Å². The van der Waals surface area contributed by atoms with Gasteiger partial charge in [-0.1, -0.05) is 30.3 Å². The third kappa shape index (κ3) is 2.70. The Hall–Kier alpha value is -2.08. The van der Waals surface area contributed by atoms with Gasteiger partial charge >= 0.3 is 0 Å². The number of nitrogens with one attached hydrogen (secondary N) is 1. The molecule has 2 aromatic rings. The number of hydrogen-bond donors (Lipinski definition) is 3. The Bertz CT molecular complexity index is 1110. The first kappa shape index (κ1) is 20.3. The summed E-state index contributed by atoms with van der Waals surface area (Å²) in [6.45, 7) is 5.06. The van der Waals surface area contributed by atoms with Gasteiger partial charge in [-0.2, -0.15) is 0 Å². The molecule has 3 aliphatic carbocycles. The van der Waals surface area contributed by atoms with Crippen molar-refractivity contribution < 1.29 is 14.9 Å². The molecular weight excluding hydrogens is 412 g/mol. The van der Waals surface area contributed by atoms with Crippen LogP contribution >= 0.6 is 0 Å². The van der Waals surface area contributed by atoms with E-state index in [-0.39, 0.29) is 23.9 Å². The van der Waals surface area contributed by atoms with Gasteiger partial charge in [-0.05, 0) is 80.7 Å². The standard InChI is InChI=1S/C28H34N2O3/c1-17-4-2-3-5-20(17)15-29-21-10-11-28(32)23-14-19-8-9-22(31)25-24(19)27(28,26(21)33-25)12-13-30(23)16-18-6-7-18/h2-5,8-9,18,21,23,26,29,31-32H,6-7,10-16H2,1H3/t21-,23-,26+,27+,28-/m1/s1. The van der Waals surface area contributed by atoms with Crippen LogP contribution in [0, 0.1) is 12.8 Å². The number of hydrogen-bond acceptors (Lipinski definition) is 5. The van der Waals surface area contributed by atoms with Crippen LogP contribution in [0.2, 0.25) is 0 Å². The molecule has 2 heterocycles. The zero-order valence-corrected chi connectivity index (χ0v) is 19.4. The molecule has 0 amide bonds. The number of aliphatic hydroxyl groups is 1. The van der Waals surface area contributed by atoms with Crippen molar-refractivity contribution in [3.63, 3.8) is 0 Å². The van der Waals surface area contributed by atoms with E-state index in [9.17, 15) is 10.2 Å². The average Bonchev–Trinajstić information content (AvgIpc) is 3.55. The van der Waals surface area contributed by atoms with Crippen molar-refractivity contribution in [2.75, 3.05) is 13.1 Å². The van der Waals surface area contributed by atoms with Crippen molar-refractivity contribution in [3.05, 3.63) is 58.7 Å². The molecule has 2 saturated carbocycles. The molecule has 1 spiro atoms. The minimum atomic E-state index is -0.808. The Morgan fingerprint density at radius 2 is 1.97 bits per heavy atom. The molecule has 5 nitrogen and oxygen atoms in total. The van der Waals surface area contributed by atoms with Crippen molar-refractivity contribution in [2.24, 2.45) is 5.92 Å². The summed E-state index contributed by atoms with van der Waals surface area (Å²) in [5.41, 5.74) is 3.71. The van der Waals surface area contributed by atoms with Gasteiger partial charge in [0, 0.05) is 30.7 Å². The molecule has 0 aromatic heterocycles. The number of benzene rings is 2. The monoisotopic (exact) mass is 446 g/mol. The number of phenols is 1. The first-order chi connectivity index (χ1) is 16.0. The van der Waals surface area contributed by atoms with E-state index in [2.05, 4.69) is 47.5 Å². The van der Waals surface area contributed by atoms with Crippen molar-refractivity contribution in [1.82, 2.24) is 10.2 Å². The quantitative estimate of drug-likeness (QED) is 0.657. The highest BCUT2D eigenvalue weighted by Gasteiger charge is 2.72. The van der Waals surface area contributed by atoms with Crippen LogP contribution in [0.15, 0.2) is 36.4 Å². The van der Waals surface area contributed by atoms with Crippen molar-refractivity contribution in [1.29, 1.82) is 0 Å². The highest BCUT2D eigenvalue weighted by molar-refractivity contribution is 5.62. The highest BCUT2D eigenvalue weighted by Crippen LogP contribution is 2.65. The predicted octanol–water partition coefficient (Wildman–Crippen LogP) is 3.42. The molecular formula is C28H34N2O3. The van der Waals surface area contributed by atoms with E-state index in [1.165, 1.54) is 29.5 Å². The Morgan fingerprint density at radius 1 is 1.12 bits per heavy atom. The minimum Gasteiger partial charge on any atom is -0.504 e. The van der Waals surface area contributed by atoms with Gasteiger partial charge in [0.25, 0.3) is 0 Å². The largest absolute Gasteiger partial charge is 0.504 e. The number of ether oxygens (including phenoxy) is 1. The van der Waals surface area contributed by atoms with Crippen LogP contribution in [0.5, 0.6) is 11.5 Å². The molecule has 5 heteroatoms. The fourth-order valence-corrected chi connectivity index (χ4v) is 7.74. The molecule has 2 aliphatic heterocycles. The van der Waals surface area contributed by atoms with Crippen LogP contribution in [0.4, 0.5) is 0 Å². The maximum Gasteiger partial charge on any atom is 0.165 e. The van der Waals surface area contributed by atoms with Gasteiger partial charge in [-0.25, -0.2) is 0 Å². The number of rotatable bonds is 5. The molecule has 5 aliphatic rings. The lowest BCUT2D eigenvalue weighted by atomic mass is 9.48. The second kappa shape index (κ2) is 6.97. The normalized spacial score (nSPS) is 36.4. The van der Waals surface area contributed by atoms with E-state index in [1.54, 1.807) is 6.07 Å². The summed E-state index contributed by atoms with van der Waals surface area (Å²) in [7, 11) is 0. The Morgan fingerprint density at radius 3 is 2.79 bits per heavy atom. The van der Waals surface area contributed by atoms with Gasteiger partial charge in [-0.15, -0.1) is 0 Å². The molecule has 7 rings (SSSR count). The lowest BCUT2D eigenvalue weighted by molar-refractivity contribution is -0.191. The molecule has 5 atom stereocenters. The molecule has 2 aromatic carbocycles. The van der Waals surface area contributed by atoms with Crippen LogP contribution in [0.3, 0.4) is 0 Å². The molecule has 3 fully saturated rings. The molecule has 33 heavy (non-hydrogen) atoms. The van der Waals surface area contributed by atoms with Crippen LogP contribution in [-0.2, 0) is 18.4 Å². The van der Waals surface area contributed by atoms with E-state index in [0.717, 1.165) is 56.8 Å². The maximum atomic E-state index is 12.5. The smallest absolute Gasteiger partial charge is 0.165 e. The van der Waals surface area contributed by atoms with Crippen molar-refractivity contribution >= 4 is 0 Å². The fourth-order valence-electron chi connectivity index (χ4n) is 7.74. The first-order valence-corrected chi connectivity index (χ1v) is 12.8. The number of piperidine rings is 1.